The number of hydrogen-bond donors (Lipinski definition) is 1. The van der Waals surface area contributed by atoms with E-state index in [1.54, 1.807) is 42.5 Å². The van der Waals surface area contributed by atoms with Gasteiger partial charge in [0.2, 0.25) is 5.91 Å². The standard InChI is InChI=1S/C27H30ClN3O4S/c1-30(2)16-17-35-24-11-13-25(14-12-24)36(33,34)31-15-3-4-21-7-10-23(19-26(21)31)29-27(32)18-20-5-8-22(28)9-6-20/h5-14,19H,3-4,15-18H2,1-2H3,(H,29,32). The first-order valence-corrected chi connectivity index (χ1v) is 13.6. The van der Waals surface area contributed by atoms with Crippen LogP contribution in [0.2, 0.25) is 5.02 Å². The molecule has 0 atom stereocenters. The van der Waals surface area contributed by atoms with Crippen molar-refractivity contribution in [2.24, 2.45) is 0 Å². The molecule has 36 heavy (non-hydrogen) atoms. The number of aryl methyl sites for hydroxylation is 1. The summed E-state index contributed by atoms with van der Waals surface area (Å²) >= 11 is 5.92. The Morgan fingerprint density at radius 2 is 1.78 bits per heavy atom. The lowest BCUT2D eigenvalue weighted by Crippen LogP contribution is -2.35. The topological polar surface area (TPSA) is 79.0 Å². The molecule has 190 valence electrons. The van der Waals surface area contributed by atoms with Crippen molar-refractivity contribution in [1.82, 2.24) is 4.90 Å². The molecule has 0 saturated carbocycles. The van der Waals surface area contributed by atoms with Gasteiger partial charge < -0.3 is 15.0 Å². The maximum Gasteiger partial charge on any atom is 0.264 e. The Balaban J connectivity index is 1.50. The molecule has 9 heteroatoms. The lowest BCUT2D eigenvalue weighted by atomic mass is 10.0. The summed E-state index contributed by atoms with van der Waals surface area (Å²) in [5.74, 6) is 0.438. The first-order valence-electron chi connectivity index (χ1n) is 11.8. The van der Waals surface area contributed by atoms with Crippen molar-refractivity contribution >= 4 is 38.9 Å². The molecule has 3 aromatic rings. The van der Waals surface area contributed by atoms with E-state index in [9.17, 15) is 13.2 Å². The van der Waals surface area contributed by atoms with Gasteiger partial charge in [0.25, 0.3) is 10.0 Å². The maximum atomic E-state index is 13.5. The number of nitrogens with one attached hydrogen (secondary N) is 1. The Hall–Kier alpha value is -3.07. The van der Waals surface area contributed by atoms with E-state index < -0.39 is 10.0 Å². The fourth-order valence-electron chi connectivity index (χ4n) is 4.04. The molecule has 1 heterocycles. The number of sulfonamides is 1. The monoisotopic (exact) mass is 527 g/mol. The van der Waals surface area contributed by atoms with Gasteiger partial charge in [0.1, 0.15) is 12.4 Å². The van der Waals surface area contributed by atoms with E-state index in [-0.39, 0.29) is 17.2 Å². The first kappa shape index (κ1) is 26.0. The third-order valence-corrected chi connectivity index (χ3v) is 8.02. The molecule has 1 N–H and O–H groups in total. The third kappa shape index (κ3) is 6.37. The number of amides is 1. The van der Waals surface area contributed by atoms with Crippen LogP contribution in [0.4, 0.5) is 11.4 Å². The number of likely N-dealkylation sites (N-methyl/N-ethyl adjacent to an activating group) is 1. The average molecular weight is 528 g/mol. The van der Waals surface area contributed by atoms with Gasteiger partial charge in [-0.05, 0) is 86.6 Å². The Morgan fingerprint density at radius 1 is 1.06 bits per heavy atom. The van der Waals surface area contributed by atoms with E-state index in [0.717, 1.165) is 30.5 Å². The van der Waals surface area contributed by atoms with Crippen LogP contribution in [0.5, 0.6) is 5.75 Å². The predicted octanol–water partition coefficient (Wildman–Crippen LogP) is 4.60. The number of rotatable bonds is 9. The number of nitrogens with zero attached hydrogens (tertiary/aromatic N) is 2. The van der Waals surface area contributed by atoms with Crippen molar-refractivity contribution in [3.8, 4) is 5.75 Å². The van der Waals surface area contributed by atoms with Crippen LogP contribution >= 0.6 is 11.6 Å². The highest BCUT2D eigenvalue weighted by Crippen LogP contribution is 2.34. The minimum absolute atomic E-state index is 0.188. The van der Waals surface area contributed by atoms with Crippen LogP contribution in [0.15, 0.2) is 71.6 Å². The largest absolute Gasteiger partial charge is 0.492 e. The summed E-state index contributed by atoms with van der Waals surface area (Å²) < 4.78 is 34.2. The zero-order valence-electron chi connectivity index (χ0n) is 20.4. The smallest absolute Gasteiger partial charge is 0.264 e. The summed E-state index contributed by atoms with van der Waals surface area (Å²) in [7, 11) is 0.149. The Morgan fingerprint density at radius 3 is 2.47 bits per heavy atom. The predicted molar refractivity (Wildman–Crippen MR) is 144 cm³/mol. The molecule has 1 aliphatic rings. The van der Waals surface area contributed by atoms with Gasteiger partial charge in [0.15, 0.2) is 0 Å². The number of ether oxygens (including phenoxy) is 1. The highest BCUT2D eigenvalue weighted by molar-refractivity contribution is 7.92. The molecular weight excluding hydrogens is 498 g/mol. The maximum absolute atomic E-state index is 13.5. The molecule has 1 aliphatic heterocycles. The van der Waals surface area contributed by atoms with E-state index in [2.05, 4.69) is 5.32 Å². The fourth-order valence-corrected chi connectivity index (χ4v) is 5.70. The minimum Gasteiger partial charge on any atom is -0.492 e. The zero-order chi connectivity index (χ0) is 25.7. The summed E-state index contributed by atoms with van der Waals surface area (Å²) in [6.45, 7) is 1.66. The first-order chi connectivity index (χ1) is 17.2. The van der Waals surface area contributed by atoms with Crippen molar-refractivity contribution in [2.75, 3.05) is 43.4 Å². The van der Waals surface area contributed by atoms with Gasteiger partial charge >= 0.3 is 0 Å². The van der Waals surface area contributed by atoms with Crippen molar-refractivity contribution < 1.29 is 17.9 Å². The van der Waals surface area contributed by atoms with Gasteiger partial charge in [0.05, 0.1) is 17.0 Å². The highest BCUT2D eigenvalue weighted by Gasteiger charge is 2.29. The molecule has 0 unspecified atom stereocenters. The number of benzene rings is 3. The van der Waals surface area contributed by atoms with E-state index in [4.69, 9.17) is 16.3 Å². The molecule has 0 aliphatic carbocycles. The number of halogens is 1. The number of fused-ring (bicyclic) bond motifs is 1. The Labute approximate surface area is 217 Å². The number of anilines is 2. The summed E-state index contributed by atoms with van der Waals surface area (Å²) in [5.41, 5.74) is 2.92. The van der Waals surface area contributed by atoms with Gasteiger partial charge in [-0.2, -0.15) is 0 Å². The minimum atomic E-state index is -3.78. The van der Waals surface area contributed by atoms with E-state index in [1.807, 2.05) is 43.3 Å². The average Bonchev–Trinajstić information content (AvgIpc) is 2.85. The molecular formula is C27H30ClN3O4S. The molecule has 0 aromatic heterocycles. The molecule has 0 fully saturated rings. The fraction of sp³-hybridized carbons (Fsp3) is 0.296. The molecule has 4 rings (SSSR count). The SMILES string of the molecule is CN(C)CCOc1ccc(S(=O)(=O)N2CCCc3ccc(NC(=O)Cc4ccc(Cl)cc4)cc32)cc1. The second-order valence-electron chi connectivity index (χ2n) is 9.00. The van der Waals surface area contributed by atoms with Crippen LogP contribution in [0, 0.1) is 0 Å². The third-order valence-electron chi connectivity index (χ3n) is 5.94. The number of carbonyl (C=O) groups is 1. The van der Waals surface area contributed by atoms with E-state index >= 15 is 0 Å². The molecule has 0 spiro atoms. The summed E-state index contributed by atoms with van der Waals surface area (Å²) in [6, 6.07) is 19.1. The van der Waals surface area contributed by atoms with Crippen LogP contribution in [0.3, 0.4) is 0 Å². The summed E-state index contributed by atoms with van der Waals surface area (Å²) in [6.07, 6.45) is 1.69. The number of carbonyl (C=O) groups excluding carboxylic acids is 1. The van der Waals surface area contributed by atoms with Gasteiger partial charge in [-0.25, -0.2) is 8.42 Å². The Bertz CT molecular complexity index is 1310. The van der Waals surface area contributed by atoms with Crippen molar-refractivity contribution in [1.29, 1.82) is 0 Å². The molecule has 0 radical (unpaired) electrons. The van der Waals surface area contributed by atoms with Crippen molar-refractivity contribution in [3.05, 3.63) is 82.9 Å². The number of hydrogen-bond acceptors (Lipinski definition) is 5. The highest BCUT2D eigenvalue weighted by atomic mass is 35.5. The summed E-state index contributed by atoms with van der Waals surface area (Å²) in [4.78, 5) is 14.8. The van der Waals surface area contributed by atoms with Crippen LogP contribution < -0.4 is 14.4 Å². The van der Waals surface area contributed by atoms with Crippen LogP contribution in [-0.2, 0) is 27.7 Å². The zero-order valence-corrected chi connectivity index (χ0v) is 22.0. The molecule has 7 nitrogen and oxygen atoms in total. The van der Waals surface area contributed by atoms with Crippen molar-refractivity contribution in [2.45, 2.75) is 24.2 Å². The van der Waals surface area contributed by atoms with Gasteiger partial charge in [-0.1, -0.05) is 29.8 Å². The second-order valence-corrected chi connectivity index (χ2v) is 11.3. The van der Waals surface area contributed by atoms with Gasteiger partial charge in [0, 0.05) is 23.8 Å². The van der Waals surface area contributed by atoms with E-state index in [1.165, 1.54) is 4.31 Å². The van der Waals surface area contributed by atoms with Crippen LogP contribution in [0.1, 0.15) is 17.5 Å². The lowest BCUT2D eigenvalue weighted by molar-refractivity contribution is -0.115. The van der Waals surface area contributed by atoms with Gasteiger partial charge in [-0.3, -0.25) is 9.10 Å². The van der Waals surface area contributed by atoms with Gasteiger partial charge in [-0.15, -0.1) is 0 Å². The molecule has 3 aromatic carbocycles. The normalized spacial score (nSPS) is 13.4. The second kappa shape index (κ2) is 11.3. The van der Waals surface area contributed by atoms with Crippen LogP contribution in [0.25, 0.3) is 0 Å². The molecule has 0 saturated heterocycles. The van der Waals surface area contributed by atoms with Crippen molar-refractivity contribution in [3.63, 3.8) is 0 Å². The van der Waals surface area contributed by atoms with Crippen LogP contribution in [-0.4, -0.2) is 53.0 Å². The Kier molecular flexibility index (Phi) is 8.18. The molecule has 0 bridgehead atoms. The van der Waals surface area contributed by atoms with E-state index in [0.29, 0.717) is 35.3 Å². The lowest BCUT2D eigenvalue weighted by Gasteiger charge is -2.31. The molecule has 1 amide bonds. The quantitative estimate of drug-likeness (QED) is 0.440. The summed E-state index contributed by atoms with van der Waals surface area (Å²) in [5, 5.41) is 3.50.